The largest absolute Gasteiger partial charge is 0.493 e. The third-order valence-electron chi connectivity index (χ3n) is 4.37. The topological polar surface area (TPSA) is 39.7 Å². The van der Waals surface area contributed by atoms with Crippen LogP contribution in [0.2, 0.25) is 0 Å². The highest BCUT2D eigenvalue weighted by Gasteiger charge is 2.34. The van der Waals surface area contributed by atoms with Crippen LogP contribution in [0.1, 0.15) is 38.2 Å². The molecule has 0 amide bonds. The van der Waals surface area contributed by atoms with Crippen LogP contribution in [0.25, 0.3) is 0 Å². The summed E-state index contributed by atoms with van der Waals surface area (Å²) in [6.45, 7) is 3.38. The van der Waals surface area contributed by atoms with Crippen LogP contribution in [-0.2, 0) is 6.54 Å². The standard InChI is InChI=1S/C15H21NO3/c1-3-15(5-4-6-15)16-9-11-7-12(17-2)14-13(8-11)18-10-19-14/h7-8,16H,3-6,9-10H2,1-2H3. The van der Waals surface area contributed by atoms with Gasteiger partial charge in [0, 0.05) is 12.1 Å². The Bertz CT molecular complexity index is 463. The molecular formula is C15H21NO3. The molecule has 1 aromatic rings. The number of fused-ring (bicyclic) bond motifs is 1. The molecule has 1 aromatic carbocycles. The summed E-state index contributed by atoms with van der Waals surface area (Å²) in [4.78, 5) is 0. The van der Waals surface area contributed by atoms with Gasteiger partial charge in [-0.25, -0.2) is 0 Å². The van der Waals surface area contributed by atoms with Crippen molar-refractivity contribution in [2.75, 3.05) is 13.9 Å². The number of ether oxygens (including phenoxy) is 3. The molecule has 0 atom stereocenters. The maximum atomic E-state index is 5.45. The van der Waals surface area contributed by atoms with Crippen molar-refractivity contribution in [3.8, 4) is 17.2 Å². The summed E-state index contributed by atoms with van der Waals surface area (Å²) in [5, 5.41) is 3.69. The van der Waals surface area contributed by atoms with Crippen molar-refractivity contribution in [1.29, 1.82) is 0 Å². The Labute approximate surface area is 114 Å². The molecule has 4 nitrogen and oxygen atoms in total. The van der Waals surface area contributed by atoms with Crippen molar-refractivity contribution in [2.24, 2.45) is 0 Å². The van der Waals surface area contributed by atoms with Crippen molar-refractivity contribution in [3.05, 3.63) is 17.7 Å². The van der Waals surface area contributed by atoms with Crippen LogP contribution in [0.5, 0.6) is 17.2 Å². The van der Waals surface area contributed by atoms with Crippen molar-refractivity contribution >= 4 is 0 Å². The molecule has 1 aliphatic carbocycles. The van der Waals surface area contributed by atoms with Crippen LogP contribution in [0, 0.1) is 0 Å². The van der Waals surface area contributed by atoms with Crippen LogP contribution in [0.3, 0.4) is 0 Å². The second kappa shape index (κ2) is 4.93. The summed E-state index contributed by atoms with van der Waals surface area (Å²) >= 11 is 0. The summed E-state index contributed by atoms with van der Waals surface area (Å²) in [7, 11) is 1.66. The molecule has 0 saturated heterocycles. The lowest BCUT2D eigenvalue weighted by atomic mass is 9.75. The van der Waals surface area contributed by atoms with Gasteiger partial charge < -0.3 is 19.5 Å². The summed E-state index contributed by atoms with van der Waals surface area (Å²) < 4.78 is 16.2. The summed E-state index contributed by atoms with van der Waals surface area (Å²) in [6.07, 6.45) is 5.09. The van der Waals surface area contributed by atoms with E-state index in [2.05, 4.69) is 12.2 Å². The Morgan fingerprint density at radius 2 is 2.16 bits per heavy atom. The van der Waals surface area contributed by atoms with E-state index in [0.717, 1.165) is 23.8 Å². The molecule has 1 saturated carbocycles. The predicted octanol–water partition coefficient (Wildman–Crippen LogP) is 2.85. The first-order valence-corrected chi connectivity index (χ1v) is 6.98. The van der Waals surface area contributed by atoms with Gasteiger partial charge in [-0.1, -0.05) is 6.92 Å². The molecule has 1 N–H and O–H groups in total. The van der Waals surface area contributed by atoms with Gasteiger partial charge in [-0.3, -0.25) is 0 Å². The fourth-order valence-corrected chi connectivity index (χ4v) is 2.83. The highest BCUT2D eigenvalue weighted by atomic mass is 16.7. The molecule has 0 bridgehead atoms. The average molecular weight is 263 g/mol. The van der Waals surface area contributed by atoms with E-state index in [4.69, 9.17) is 14.2 Å². The van der Waals surface area contributed by atoms with E-state index in [9.17, 15) is 0 Å². The molecular weight excluding hydrogens is 242 g/mol. The molecule has 3 rings (SSSR count). The molecule has 1 heterocycles. The second-order valence-corrected chi connectivity index (χ2v) is 5.37. The zero-order valence-electron chi connectivity index (χ0n) is 11.6. The summed E-state index contributed by atoms with van der Waals surface area (Å²) in [5.74, 6) is 2.27. The first-order chi connectivity index (χ1) is 9.26. The molecule has 1 fully saturated rings. The van der Waals surface area contributed by atoms with Crippen LogP contribution < -0.4 is 19.5 Å². The van der Waals surface area contributed by atoms with Crippen molar-refractivity contribution < 1.29 is 14.2 Å². The molecule has 0 radical (unpaired) electrons. The highest BCUT2D eigenvalue weighted by Crippen LogP contribution is 2.42. The van der Waals surface area contributed by atoms with Gasteiger partial charge in [0.15, 0.2) is 11.5 Å². The lowest BCUT2D eigenvalue weighted by Gasteiger charge is -2.42. The molecule has 2 aliphatic rings. The van der Waals surface area contributed by atoms with Crippen molar-refractivity contribution in [3.63, 3.8) is 0 Å². The van der Waals surface area contributed by atoms with Crippen molar-refractivity contribution in [1.82, 2.24) is 5.32 Å². The molecule has 19 heavy (non-hydrogen) atoms. The Morgan fingerprint density at radius 3 is 2.79 bits per heavy atom. The first-order valence-electron chi connectivity index (χ1n) is 6.98. The minimum Gasteiger partial charge on any atom is -0.493 e. The van der Waals surface area contributed by atoms with E-state index in [1.54, 1.807) is 7.11 Å². The number of hydrogen-bond acceptors (Lipinski definition) is 4. The molecule has 0 spiro atoms. The van der Waals surface area contributed by atoms with Gasteiger partial charge in [0.2, 0.25) is 12.5 Å². The molecule has 1 aliphatic heterocycles. The molecule has 104 valence electrons. The van der Waals surface area contributed by atoms with E-state index in [0.29, 0.717) is 5.54 Å². The first kappa shape index (κ1) is 12.6. The van der Waals surface area contributed by atoms with E-state index < -0.39 is 0 Å². The Morgan fingerprint density at radius 1 is 1.32 bits per heavy atom. The van der Waals surface area contributed by atoms with Gasteiger partial charge in [0.05, 0.1) is 7.11 Å². The van der Waals surface area contributed by atoms with Gasteiger partial charge in [-0.15, -0.1) is 0 Å². The second-order valence-electron chi connectivity index (χ2n) is 5.37. The Hall–Kier alpha value is -1.42. The number of benzene rings is 1. The Kier molecular flexibility index (Phi) is 3.27. The fourth-order valence-electron chi connectivity index (χ4n) is 2.83. The third-order valence-corrected chi connectivity index (χ3v) is 4.37. The van der Waals surface area contributed by atoms with Gasteiger partial charge >= 0.3 is 0 Å². The van der Waals surface area contributed by atoms with Gasteiger partial charge in [-0.2, -0.15) is 0 Å². The lowest BCUT2D eigenvalue weighted by molar-refractivity contribution is 0.171. The highest BCUT2D eigenvalue weighted by molar-refractivity contribution is 5.55. The summed E-state index contributed by atoms with van der Waals surface area (Å²) in [6, 6.07) is 4.07. The van der Waals surface area contributed by atoms with Crippen LogP contribution in [-0.4, -0.2) is 19.4 Å². The zero-order chi connectivity index (χ0) is 13.3. The zero-order valence-corrected chi connectivity index (χ0v) is 11.6. The maximum Gasteiger partial charge on any atom is 0.231 e. The number of methoxy groups -OCH3 is 1. The number of hydrogen-bond donors (Lipinski definition) is 1. The lowest BCUT2D eigenvalue weighted by Crippen LogP contribution is -2.49. The monoisotopic (exact) mass is 263 g/mol. The van der Waals surface area contributed by atoms with Crippen LogP contribution in [0.4, 0.5) is 0 Å². The molecule has 0 unspecified atom stereocenters. The third kappa shape index (κ3) is 2.25. The maximum absolute atomic E-state index is 5.45. The van der Waals surface area contributed by atoms with Crippen molar-refractivity contribution in [2.45, 2.75) is 44.7 Å². The minimum atomic E-state index is 0.279. The Balaban J connectivity index is 1.74. The van der Waals surface area contributed by atoms with Gasteiger partial charge in [0.25, 0.3) is 0 Å². The number of nitrogens with one attached hydrogen (secondary N) is 1. The van der Waals surface area contributed by atoms with Crippen LogP contribution >= 0.6 is 0 Å². The SMILES string of the molecule is CCC1(NCc2cc(OC)c3c(c2)OCO3)CCC1. The molecule has 0 aromatic heterocycles. The fraction of sp³-hybridized carbons (Fsp3) is 0.600. The van der Waals surface area contributed by atoms with E-state index in [1.807, 2.05) is 12.1 Å². The quantitative estimate of drug-likeness (QED) is 0.886. The molecule has 4 heteroatoms. The van der Waals surface area contributed by atoms with Crippen LogP contribution in [0.15, 0.2) is 12.1 Å². The number of rotatable bonds is 5. The smallest absolute Gasteiger partial charge is 0.231 e. The van der Waals surface area contributed by atoms with E-state index in [1.165, 1.54) is 31.2 Å². The normalized spacial score (nSPS) is 19.1. The average Bonchev–Trinajstić information content (AvgIpc) is 2.85. The van der Waals surface area contributed by atoms with E-state index in [-0.39, 0.29) is 6.79 Å². The minimum absolute atomic E-state index is 0.279. The summed E-state index contributed by atoms with van der Waals surface area (Å²) in [5.41, 5.74) is 1.53. The van der Waals surface area contributed by atoms with Gasteiger partial charge in [-0.05, 0) is 43.4 Å². The predicted molar refractivity (Wildman–Crippen MR) is 72.8 cm³/mol. The van der Waals surface area contributed by atoms with Gasteiger partial charge in [0.1, 0.15) is 0 Å². The van der Waals surface area contributed by atoms with E-state index >= 15 is 0 Å².